The Balaban J connectivity index is 2.06. The van der Waals surface area contributed by atoms with Gasteiger partial charge in [0.2, 0.25) is 0 Å². The van der Waals surface area contributed by atoms with E-state index in [0.29, 0.717) is 5.02 Å². The van der Waals surface area contributed by atoms with Crippen molar-refractivity contribution in [2.45, 2.75) is 19.4 Å². The van der Waals surface area contributed by atoms with Gasteiger partial charge in [-0.05, 0) is 37.1 Å². The van der Waals surface area contributed by atoms with Crippen molar-refractivity contribution in [3.63, 3.8) is 0 Å². The van der Waals surface area contributed by atoms with Gasteiger partial charge >= 0.3 is 0 Å². The number of nitrogens with zero attached hydrogens (tertiary/aromatic N) is 2. The molecule has 2 N–H and O–H groups in total. The molecule has 1 aromatic heterocycles. The minimum atomic E-state index is 0.127. The number of benzene rings is 2. The highest BCUT2D eigenvalue weighted by Crippen LogP contribution is 2.25. The highest BCUT2D eigenvalue weighted by Gasteiger charge is 2.09. The molecule has 2 aromatic carbocycles. The minimum absolute atomic E-state index is 0.127. The molecule has 0 amide bonds. The van der Waals surface area contributed by atoms with Crippen LogP contribution in [0.1, 0.15) is 12.5 Å². The van der Waals surface area contributed by atoms with Crippen molar-refractivity contribution in [2.75, 3.05) is 0 Å². The first-order valence-corrected chi connectivity index (χ1v) is 7.00. The lowest BCUT2D eigenvalue weighted by Gasteiger charge is -2.10. The summed E-state index contributed by atoms with van der Waals surface area (Å²) in [6.07, 6.45) is 2.67. The number of hydrogen-bond acceptors (Lipinski definition) is 2. The molecule has 1 atom stereocenters. The summed E-state index contributed by atoms with van der Waals surface area (Å²) < 4.78 is 1.87. The average Bonchev–Trinajstić information content (AvgIpc) is 2.82. The first-order valence-electron chi connectivity index (χ1n) is 6.62. The maximum Gasteiger partial charge on any atom is 0.0839 e. The van der Waals surface area contributed by atoms with Crippen LogP contribution in [0.3, 0.4) is 0 Å². The van der Waals surface area contributed by atoms with E-state index in [-0.39, 0.29) is 6.04 Å². The highest BCUT2D eigenvalue weighted by molar-refractivity contribution is 6.32. The summed E-state index contributed by atoms with van der Waals surface area (Å²) in [5.74, 6) is 0. The van der Waals surface area contributed by atoms with Crippen LogP contribution in [0.5, 0.6) is 0 Å². The van der Waals surface area contributed by atoms with Crippen molar-refractivity contribution >= 4 is 22.5 Å². The number of rotatable bonds is 3. The molecule has 1 unspecified atom stereocenters. The van der Waals surface area contributed by atoms with Gasteiger partial charge in [0.05, 0.1) is 22.4 Å². The Morgan fingerprint density at radius 2 is 2.05 bits per heavy atom. The molecule has 0 spiro atoms. The molecule has 3 aromatic rings. The van der Waals surface area contributed by atoms with Crippen molar-refractivity contribution in [3.05, 3.63) is 59.2 Å². The van der Waals surface area contributed by atoms with E-state index in [4.69, 9.17) is 17.3 Å². The molecule has 0 aliphatic carbocycles. The molecule has 0 aliphatic rings. The predicted molar refractivity (Wildman–Crippen MR) is 83.4 cm³/mol. The van der Waals surface area contributed by atoms with Gasteiger partial charge in [0.1, 0.15) is 0 Å². The van der Waals surface area contributed by atoms with E-state index >= 15 is 0 Å². The van der Waals surface area contributed by atoms with Gasteiger partial charge in [0.25, 0.3) is 0 Å². The van der Waals surface area contributed by atoms with Gasteiger partial charge in [-0.3, -0.25) is 0 Å². The van der Waals surface area contributed by atoms with E-state index in [9.17, 15) is 0 Å². The number of nitrogens with two attached hydrogens (primary N) is 1. The highest BCUT2D eigenvalue weighted by atomic mass is 35.5. The van der Waals surface area contributed by atoms with Crippen LogP contribution in [0.2, 0.25) is 5.02 Å². The van der Waals surface area contributed by atoms with Crippen LogP contribution in [0.25, 0.3) is 16.6 Å². The van der Waals surface area contributed by atoms with Crippen LogP contribution in [0.4, 0.5) is 0 Å². The lowest BCUT2D eigenvalue weighted by molar-refractivity contribution is 0.737. The third-order valence-corrected chi connectivity index (χ3v) is 3.58. The molecule has 0 radical (unpaired) electrons. The maximum absolute atomic E-state index is 6.40. The first-order chi connectivity index (χ1) is 9.65. The summed E-state index contributed by atoms with van der Waals surface area (Å²) in [7, 11) is 0. The molecular weight excluding hydrogens is 270 g/mol. The van der Waals surface area contributed by atoms with Crippen LogP contribution in [0, 0.1) is 0 Å². The fraction of sp³-hybridized carbons (Fsp3) is 0.188. The van der Waals surface area contributed by atoms with Gasteiger partial charge < -0.3 is 5.73 Å². The molecule has 3 nitrogen and oxygen atoms in total. The van der Waals surface area contributed by atoms with Crippen molar-refractivity contribution in [1.82, 2.24) is 9.78 Å². The quantitative estimate of drug-likeness (QED) is 0.799. The molecule has 0 bridgehead atoms. The van der Waals surface area contributed by atoms with Gasteiger partial charge in [-0.1, -0.05) is 35.9 Å². The standard InChI is InChI=1S/C16H16ClN3/c1-11(18)8-12-6-7-16(14(17)9-12)20-15-5-3-2-4-13(15)10-19-20/h2-7,9-11H,8,18H2,1H3. The van der Waals surface area contributed by atoms with Crippen LogP contribution in [-0.2, 0) is 6.42 Å². The Morgan fingerprint density at radius 1 is 1.25 bits per heavy atom. The van der Waals surface area contributed by atoms with Gasteiger partial charge in [-0.25, -0.2) is 4.68 Å². The molecule has 0 aliphatic heterocycles. The van der Waals surface area contributed by atoms with Gasteiger partial charge in [-0.15, -0.1) is 0 Å². The minimum Gasteiger partial charge on any atom is -0.328 e. The maximum atomic E-state index is 6.40. The second-order valence-corrected chi connectivity index (χ2v) is 5.49. The summed E-state index contributed by atoms with van der Waals surface area (Å²) in [6, 6.07) is 14.2. The summed E-state index contributed by atoms with van der Waals surface area (Å²) in [5, 5.41) is 6.22. The Labute approximate surface area is 123 Å². The van der Waals surface area contributed by atoms with Gasteiger partial charge in [0.15, 0.2) is 0 Å². The van der Waals surface area contributed by atoms with Crippen molar-refractivity contribution in [3.8, 4) is 5.69 Å². The van der Waals surface area contributed by atoms with E-state index in [2.05, 4.69) is 11.2 Å². The van der Waals surface area contributed by atoms with Crippen LogP contribution < -0.4 is 5.73 Å². The number of para-hydroxylation sites is 1. The fourth-order valence-corrected chi connectivity index (χ4v) is 2.67. The zero-order valence-electron chi connectivity index (χ0n) is 11.3. The largest absolute Gasteiger partial charge is 0.328 e. The third kappa shape index (κ3) is 2.42. The van der Waals surface area contributed by atoms with Crippen molar-refractivity contribution in [2.24, 2.45) is 5.73 Å². The topological polar surface area (TPSA) is 43.8 Å². The molecule has 3 rings (SSSR count). The van der Waals surface area contributed by atoms with E-state index < -0.39 is 0 Å². The number of hydrogen-bond donors (Lipinski definition) is 1. The Bertz CT molecular complexity index is 746. The van der Waals surface area contributed by atoms with Gasteiger partial charge in [0, 0.05) is 11.4 Å². The van der Waals surface area contributed by atoms with E-state index in [1.54, 1.807) is 0 Å². The smallest absolute Gasteiger partial charge is 0.0839 e. The third-order valence-electron chi connectivity index (χ3n) is 3.28. The number of halogens is 1. The van der Waals surface area contributed by atoms with Crippen molar-refractivity contribution in [1.29, 1.82) is 0 Å². The molecule has 20 heavy (non-hydrogen) atoms. The molecule has 0 saturated heterocycles. The second kappa shape index (κ2) is 5.27. The molecule has 102 valence electrons. The Kier molecular flexibility index (Phi) is 3.47. The Morgan fingerprint density at radius 3 is 2.80 bits per heavy atom. The molecule has 4 heteroatoms. The van der Waals surface area contributed by atoms with Crippen molar-refractivity contribution < 1.29 is 0 Å². The molecule has 0 saturated carbocycles. The normalized spacial score (nSPS) is 12.8. The average molecular weight is 286 g/mol. The molecule has 0 fully saturated rings. The van der Waals surface area contributed by atoms with Gasteiger partial charge in [-0.2, -0.15) is 5.10 Å². The lowest BCUT2D eigenvalue weighted by atomic mass is 10.1. The number of fused-ring (bicyclic) bond motifs is 1. The monoisotopic (exact) mass is 285 g/mol. The lowest BCUT2D eigenvalue weighted by Crippen LogP contribution is -2.17. The van der Waals surface area contributed by atoms with Crippen LogP contribution in [0.15, 0.2) is 48.7 Å². The van der Waals surface area contributed by atoms with E-state index in [1.165, 1.54) is 0 Å². The first kappa shape index (κ1) is 13.2. The summed E-state index contributed by atoms with van der Waals surface area (Å²) in [6.45, 7) is 1.99. The molecule has 1 heterocycles. The summed E-state index contributed by atoms with van der Waals surface area (Å²) in [5.41, 5.74) is 8.91. The zero-order chi connectivity index (χ0) is 14.1. The fourth-order valence-electron chi connectivity index (χ4n) is 2.38. The van der Waals surface area contributed by atoms with E-state index in [0.717, 1.165) is 28.6 Å². The molecular formula is C16H16ClN3. The summed E-state index contributed by atoms with van der Waals surface area (Å²) in [4.78, 5) is 0. The number of aromatic nitrogens is 2. The predicted octanol–water partition coefficient (Wildman–Crippen LogP) is 3.57. The van der Waals surface area contributed by atoms with Crippen LogP contribution in [-0.4, -0.2) is 15.8 Å². The zero-order valence-corrected chi connectivity index (χ0v) is 12.0. The van der Waals surface area contributed by atoms with E-state index in [1.807, 2.05) is 54.2 Å². The second-order valence-electron chi connectivity index (χ2n) is 5.08. The SMILES string of the molecule is CC(N)Cc1ccc(-n2ncc3ccccc32)c(Cl)c1. The summed E-state index contributed by atoms with van der Waals surface area (Å²) >= 11 is 6.40. The van der Waals surface area contributed by atoms with Crippen LogP contribution >= 0.6 is 11.6 Å². The Hall–Kier alpha value is -1.84.